The molecule has 0 radical (unpaired) electrons. The summed E-state index contributed by atoms with van der Waals surface area (Å²) in [7, 11) is 0. The molecule has 1 aromatic heterocycles. The van der Waals surface area contributed by atoms with Crippen molar-refractivity contribution < 1.29 is 9.90 Å². The Hall–Kier alpha value is -1.52. The Morgan fingerprint density at radius 1 is 1.53 bits per heavy atom. The monoisotopic (exact) mass is 280 g/mol. The van der Waals surface area contributed by atoms with Crippen LogP contribution in [-0.4, -0.2) is 28.6 Å². The average Bonchev–Trinajstić information content (AvgIpc) is 2.78. The first-order valence-electron chi connectivity index (χ1n) is 6.29. The zero-order chi connectivity index (χ0) is 13.8. The number of aliphatic hydroxyl groups excluding tert-OH is 1. The van der Waals surface area contributed by atoms with Crippen molar-refractivity contribution in [1.29, 1.82) is 0 Å². The number of carbonyl (C=O) groups excluding carboxylic acids is 1. The van der Waals surface area contributed by atoms with Crippen LogP contribution >= 0.6 is 11.6 Å². The van der Waals surface area contributed by atoms with E-state index in [4.69, 9.17) is 16.7 Å². The highest BCUT2D eigenvalue weighted by Gasteiger charge is 2.12. The van der Waals surface area contributed by atoms with Gasteiger partial charge in [0, 0.05) is 22.1 Å². The number of rotatable bonds is 5. The molecule has 2 aromatic rings. The van der Waals surface area contributed by atoms with Crippen molar-refractivity contribution in [2.75, 3.05) is 6.61 Å². The first-order valence-corrected chi connectivity index (χ1v) is 6.67. The SMILES string of the molecule is CCC(CO)NC(=O)Cc1c[nH]c2ccc(Cl)cc12. The van der Waals surface area contributed by atoms with Gasteiger partial charge >= 0.3 is 0 Å². The fourth-order valence-electron chi connectivity index (χ4n) is 2.03. The molecule has 0 saturated carbocycles. The molecule has 0 aliphatic rings. The fourth-order valence-corrected chi connectivity index (χ4v) is 2.20. The lowest BCUT2D eigenvalue weighted by Crippen LogP contribution is -2.37. The number of carbonyl (C=O) groups is 1. The fraction of sp³-hybridized carbons (Fsp3) is 0.357. The second-order valence-corrected chi connectivity index (χ2v) is 4.97. The Bertz CT molecular complexity index is 576. The Morgan fingerprint density at radius 2 is 2.32 bits per heavy atom. The van der Waals surface area contributed by atoms with Crippen LogP contribution in [0.5, 0.6) is 0 Å². The third-order valence-corrected chi connectivity index (χ3v) is 3.39. The third-order valence-electron chi connectivity index (χ3n) is 3.16. The summed E-state index contributed by atoms with van der Waals surface area (Å²) >= 11 is 5.97. The lowest BCUT2D eigenvalue weighted by Gasteiger charge is -2.13. The molecule has 1 unspecified atom stereocenters. The van der Waals surface area contributed by atoms with Gasteiger partial charge in [0.2, 0.25) is 5.91 Å². The quantitative estimate of drug-likeness (QED) is 0.786. The summed E-state index contributed by atoms with van der Waals surface area (Å²) < 4.78 is 0. The number of nitrogens with one attached hydrogen (secondary N) is 2. The van der Waals surface area contributed by atoms with E-state index < -0.39 is 0 Å². The van der Waals surface area contributed by atoms with Crippen molar-refractivity contribution in [3.8, 4) is 0 Å². The lowest BCUT2D eigenvalue weighted by molar-refractivity contribution is -0.121. The maximum Gasteiger partial charge on any atom is 0.224 e. The summed E-state index contributed by atoms with van der Waals surface area (Å²) in [6, 6.07) is 5.37. The average molecular weight is 281 g/mol. The van der Waals surface area contributed by atoms with Gasteiger partial charge in [-0.15, -0.1) is 0 Å². The highest BCUT2D eigenvalue weighted by Crippen LogP contribution is 2.22. The van der Waals surface area contributed by atoms with E-state index >= 15 is 0 Å². The van der Waals surface area contributed by atoms with Crippen LogP contribution in [0.2, 0.25) is 5.02 Å². The van der Waals surface area contributed by atoms with Crippen LogP contribution in [0.15, 0.2) is 24.4 Å². The van der Waals surface area contributed by atoms with E-state index in [0.29, 0.717) is 11.4 Å². The van der Waals surface area contributed by atoms with E-state index in [0.717, 1.165) is 16.5 Å². The maximum absolute atomic E-state index is 11.9. The van der Waals surface area contributed by atoms with Gasteiger partial charge in [0.1, 0.15) is 0 Å². The van der Waals surface area contributed by atoms with Crippen molar-refractivity contribution in [1.82, 2.24) is 10.3 Å². The van der Waals surface area contributed by atoms with Crippen LogP contribution in [0.3, 0.4) is 0 Å². The number of benzene rings is 1. The molecular weight excluding hydrogens is 264 g/mol. The number of hydrogen-bond donors (Lipinski definition) is 3. The van der Waals surface area contributed by atoms with Crippen LogP contribution in [0.25, 0.3) is 10.9 Å². The summed E-state index contributed by atoms with van der Waals surface area (Å²) in [5.74, 6) is -0.0956. The van der Waals surface area contributed by atoms with E-state index in [2.05, 4.69) is 10.3 Å². The predicted molar refractivity (Wildman–Crippen MR) is 76.3 cm³/mol. The molecule has 0 bridgehead atoms. The molecule has 0 saturated heterocycles. The first-order chi connectivity index (χ1) is 9.13. The minimum Gasteiger partial charge on any atom is -0.394 e. The number of fused-ring (bicyclic) bond motifs is 1. The number of amides is 1. The largest absolute Gasteiger partial charge is 0.394 e. The number of H-pyrrole nitrogens is 1. The molecule has 0 fully saturated rings. The molecule has 2 rings (SSSR count). The lowest BCUT2D eigenvalue weighted by atomic mass is 10.1. The summed E-state index contributed by atoms with van der Waals surface area (Å²) in [6.07, 6.45) is 2.80. The van der Waals surface area contributed by atoms with Gasteiger partial charge in [0.25, 0.3) is 0 Å². The molecule has 0 spiro atoms. The van der Waals surface area contributed by atoms with Gasteiger partial charge in [-0.05, 0) is 30.2 Å². The number of hydrogen-bond acceptors (Lipinski definition) is 2. The number of halogens is 1. The van der Waals surface area contributed by atoms with Gasteiger partial charge in [0.05, 0.1) is 19.1 Å². The molecule has 1 heterocycles. The molecule has 0 aliphatic heterocycles. The highest BCUT2D eigenvalue weighted by molar-refractivity contribution is 6.31. The minimum absolute atomic E-state index is 0.0397. The van der Waals surface area contributed by atoms with Gasteiger partial charge in [-0.1, -0.05) is 18.5 Å². The van der Waals surface area contributed by atoms with Crippen LogP contribution < -0.4 is 5.32 Å². The molecule has 102 valence electrons. The summed E-state index contributed by atoms with van der Waals surface area (Å²) in [5, 5.41) is 13.5. The topological polar surface area (TPSA) is 65.1 Å². The normalized spacial score (nSPS) is 12.6. The van der Waals surface area contributed by atoms with E-state index in [1.165, 1.54) is 0 Å². The molecule has 4 nitrogen and oxygen atoms in total. The molecule has 3 N–H and O–H groups in total. The second-order valence-electron chi connectivity index (χ2n) is 4.54. The predicted octanol–water partition coefficient (Wildman–Crippen LogP) is 2.25. The molecule has 5 heteroatoms. The van der Waals surface area contributed by atoms with Gasteiger partial charge in [-0.3, -0.25) is 4.79 Å². The van der Waals surface area contributed by atoms with E-state index in [9.17, 15) is 4.79 Å². The molecule has 1 atom stereocenters. The van der Waals surface area contributed by atoms with Crippen LogP contribution in [-0.2, 0) is 11.2 Å². The highest BCUT2D eigenvalue weighted by atomic mass is 35.5. The van der Waals surface area contributed by atoms with Gasteiger partial charge < -0.3 is 15.4 Å². The summed E-state index contributed by atoms with van der Waals surface area (Å²) in [4.78, 5) is 15.0. The molecule has 1 amide bonds. The molecular formula is C14H17ClN2O2. The van der Waals surface area contributed by atoms with Crippen molar-refractivity contribution >= 4 is 28.4 Å². The van der Waals surface area contributed by atoms with Crippen LogP contribution in [0.4, 0.5) is 0 Å². The molecule has 1 aromatic carbocycles. The number of aromatic nitrogens is 1. The van der Waals surface area contributed by atoms with Crippen LogP contribution in [0, 0.1) is 0 Å². The maximum atomic E-state index is 11.9. The smallest absolute Gasteiger partial charge is 0.224 e. The molecule has 0 aliphatic carbocycles. The zero-order valence-corrected chi connectivity index (χ0v) is 11.5. The van der Waals surface area contributed by atoms with Crippen molar-refractivity contribution in [3.05, 3.63) is 35.0 Å². The second kappa shape index (κ2) is 6.08. The van der Waals surface area contributed by atoms with Crippen molar-refractivity contribution in [3.63, 3.8) is 0 Å². The minimum atomic E-state index is -0.179. The third kappa shape index (κ3) is 3.28. The van der Waals surface area contributed by atoms with Crippen molar-refractivity contribution in [2.45, 2.75) is 25.8 Å². The molecule has 19 heavy (non-hydrogen) atoms. The van der Waals surface area contributed by atoms with E-state index in [1.54, 1.807) is 0 Å². The van der Waals surface area contributed by atoms with Gasteiger partial charge in [-0.2, -0.15) is 0 Å². The Labute approximate surface area is 116 Å². The van der Waals surface area contributed by atoms with Gasteiger partial charge in [0.15, 0.2) is 0 Å². The summed E-state index contributed by atoms with van der Waals surface area (Å²) in [5.41, 5.74) is 1.86. The van der Waals surface area contributed by atoms with E-state index in [-0.39, 0.29) is 25.0 Å². The van der Waals surface area contributed by atoms with Gasteiger partial charge in [-0.25, -0.2) is 0 Å². The Morgan fingerprint density at radius 3 is 3.00 bits per heavy atom. The Kier molecular flexibility index (Phi) is 4.45. The van der Waals surface area contributed by atoms with E-state index in [1.807, 2.05) is 31.3 Å². The number of aliphatic hydroxyl groups is 1. The summed E-state index contributed by atoms with van der Waals surface area (Å²) in [6.45, 7) is 1.88. The zero-order valence-electron chi connectivity index (χ0n) is 10.7. The van der Waals surface area contributed by atoms with Crippen molar-refractivity contribution in [2.24, 2.45) is 0 Å². The van der Waals surface area contributed by atoms with Crippen LogP contribution in [0.1, 0.15) is 18.9 Å². The standard InChI is InChI=1S/C14H17ClN2O2/c1-2-11(8-18)17-14(19)5-9-7-16-13-4-3-10(15)6-12(9)13/h3-4,6-7,11,16,18H,2,5,8H2,1H3,(H,17,19). The Balaban J connectivity index is 2.13. The number of aromatic amines is 1. The first kappa shape index (κ1) is 13.9.